The van der Waals surface area contributed by atoms with E-state index in [0.29, 0.717) is 0 Å². The van der Waals surface area contributed by atoms with Crippen molar-refractivity contribution in [1.29, 1.82) is 0 Å². The molecule has 14 heavy (non-hydrogen) atoms. The summed E-state index contributed by atoms with van der Waals surface area (Å²) in [6.07, 6.45) is 1.88. The SMILES string of the molecule is CC(=O)Nc1ccccc1C=C(Br)Br. The van der Waals surface area contributed by atoms with Crippen molar-refractivity contribution >= 4 is 49.5 Å². The van der Waals surface area contributed by atoms with Gasteiger partial charge in [-0.05, 0) is 49.6 Å². The van der Waals surface area contributed by atoms with Gasteiger partial charge in [-0.3, -0.25) is 4.79 Å². The summed E-state index contributed by atoms with van der Waals surface area (Å²) < 4.78 is 0.836. The Balaban J connectivity index is 3.03. The Bertz CT molecular complexity index is 370. The van der Waals surface area contributed by atoms with Crippen molar-refractivity contribution < 1.29 is 4.79 Å². The molecule has 0 radical (unpaired) electrons. The van der Waals surface area contributed by atoms with Crippen LogP contribution in [0.4, 0.5) is 5.69 Å². The van der Waals surface area contributed by atoms with Crippen molar-refractivity contribution in [2.45, 2.75) is 6.92 Å². The fourth-order valence-electron chi connectivity index (χ4n) is 1.04. The highest BCUT2D eigenvalue weighted by molar-refractivity contribution is 9.28. The zero-order valence-electron chi connectivity index (χ0n) is 7.55. The van der Waals surface area contributed by atoms with E-state index in [1.54, 1.807) is 0 Å². The third-order valence-electron chi connectivity index (χ3n) is 1.54. The lowest BCUT2D eigenvalue weighted by atomic mass is 10.2. The summed E-state index contributed by atoms with van der Waals surface area (Å²) in [6, 6.07) is 7.58. The molecule has 1 aromatic carbocycles. The van der Waals surface area contributed by atoms with E-state index in [0.717, 1.165) is 14.6 Å². The van der Waals surface area contributed by atoms with Gasteiger partial charge in [0, 0.05) is 12.6 Å². The molecule has 0 saturated carbocycles. The van der Waals surface area contributed by atoms with Gasteiger partial charge in [-0.25, -0.2) is 0 Å². The molecule has 0 aromatic heterocycles. The van der Waals surface area contributed by atoms with Crippen molar-refractivity contribution in [1.82, 2.24) is 0 Å². The van der Waals surface area contributed by atoms with Gasteiger partial charge < -0.3 is 5.32 Å². The average Bonchev–Trinajstić information content (AvgIpc) is 2.06. The second-order valence-corrected chi connectivity index (χ2v) is 5.48. The predicted octanol–water partition coefficient (Wildman–Crippen LogP) is 3.73. The van der Waals surface area contributed by atoms with Crippen LogP contribution in [0.1, 0.15) is 12.5 Å². The number of rotatable bonds is 2. The van der Waals surface area contributed by atoms with E-state index in [1.165, 1.54) is 6.92 Å². The van der Waals surface area contributed by atoms with Crippen molar-refractivity contribution in [3.8, 4) is 0 Å². The zero-order valence-corrected chi connectivity index (χ0v) is 10.7. The Hall–Kier alpha value is -0.610. The van der Waals surface area contributed by atoms with E-state index in [2.05, 4.69) is 37.2 Å². The summed E-state index contributed by atoms with van der Waals surface area (Å²) in [5.41, 5.74) is 1.75. The monoisotopic (exact) mass is 317 g/mol. The minimum Gasteiger partial charge on any atom is -0.326 e. The molecular weight excluding hydrogens is 310 g/mol. The second-order valence-electron chi connectivity index (χ2n) is 2.70. The number of carbonyl (C=O) groups excluding carboxylic acids is 1. The number of para-hydroxylation sites is 1. The predicted molar refractivity (Wildman–Crippen MR) is 66.6 cm³/mol. The first-order chi connectivity index (χ1) is 6.59. The van der Waals surface area contributed by atoms with Crippen molar-refractivity contribution in [3.05, 3.63) is 33.2 Å². The molecule has 0 spiro atoms. The Morgan fingerprint density at radius 3 is 2.57 bits per heavy atom. The first-order valence-corrected chi connectivity index (χ1v) is 5.57. The van der Waals surface area contributed by atoms with Gasteiger partial charge in [-0.15, -0.1) is 0 Å². The maximum absolute atomic E-state index is 10.9. The van der Waals surface area contributed by atoms with Crippen LogP contribution in [-0.4, -0.2) is 5.91 Å². The van der Waals surface area contributed by atoms with Crippen molar-refractivity contribution in [2.24, 2.45) is 0 Å². The Kier molecular flexibility index (Phi) is 4.35. The molecule has 0 aliphatic carbocycles. The highest BCUT2D eigenvalue weighted by atomic mass is 79.9. The molecule has 0 atom stereocenters. The van der Waals surface area contributed by atoms with Crippen LogP contribution in [0.5, 0.6) is 0 Å². The highest BCUT2D eigenvalue weighted by Crippen LogP contribution is 2.23. The third-order valence-corrected chi connectivity index (χ3v) is 1.99. The van der Waals surface area contributed by atoms with E-state index in [1.807, 2.05) is 30.3 Å². The van der Waals surface area contributed by atoms with Crippen LogP contribution in [0, 0.1) is 0 Å². The topological polar surface area (TPSA) is 29.1 Å². The van der Waals surface area contributed by atoms with Crippen LogP contribution in [0.2, 0.25) is 0 Å². The number of carbonyl (C=O) groups is 1. The van der Waals surface area contributed by atoms with Crippen LogP contribution in [-0.2, 0) is 4.79 Å². The van der Waals surface area contributed by atoms with Crippen molar-refractivity contribution in [3.63, 3.8) is 0 Å². The van der Waals surface area contributed by atoms with E-state index < -0.39 is 0 Å². The molecule has 1 amide bonds. The average molecular weight is 319 g/mol. The molecule has 0 bridgehead atoms. The summed E-state index contributed by atoms with van der Waals surface area (Å²) in [5, 5.41) is 2.75. The molecule has 0 heterocycles. The highest BCUT2D eigenvalue weighted by Gasteiger charge is 2.00. The standard InChI is InChI=1S/C10H9Br2NO/c1-7(14)13-9-5-3-2-4-8(9)6-10(11)12/h2-6H,1H3,(H,13,14). The summed E-state index contributed by atoms with van der Waals surface area (Å²) in [4.78, 5) is 10.9. The van der Waals surface area contributed by atoms with Gasteiger partial charge in [-0.1, -0.05) is 18.2 Å². The summed E-state index contributed by atoms with van der Waals surface area (Å²) in [7, 11) is 0. The molecule has 1 N–H and O–H groups in total. The maximum Gasteiger partial charge on any atom is 0.221 e. The largest absolute Gasteiger partial charge is 0.326 e. The number of hydrogen-bond acceptors (Lipinski definition) is 1. The summed E-state index contributed by atoms with van der Waals surface area (Å²) in [5.74, 6) is -0.0726. The van der Waals surface area contributed by atoms with Crippen molar-refractivity contribution in [2.75, 3.05) is 5.32 Å². The van der Waals surface area contributed by atoms with Crippen LogP contribution in [0.15, 0.2) is 27.7 Å². The van der Waals surface area contributed by atoms with E-state index in [9.17, 15) is 4.79 Å². The first kappa shape index (κ1) is 11.5. The lowest BCUT2D eigenvalue weighted by Gasteiger charge is -2.05. The van der Waals surface area contributed by atoms with Crippen LogP contribution in [0.25, 0.3) is 6.08 Å². The molecule has 1 aromatic rings. The van der Waals surface area contributed by atoms with Gasteiger partial charge in [-0.2, -0.15) is 0 Å². The zero-order chi connectivity index (χ0) is 10.6. The Labute approximate surface area is 99.6 Å². The maximum atomic E-state index is 10.9. The van der Waals surface area contributed by atoms with Gasteiger partial charge in [0.05, 0.1) is 3.39 Å². The number of halogens is 2. The molecule has 2 nitrogen and oxygen atoms in total. The lowest BCUT2D eigenvalue weighted by Crippen LogP contribution is -2.06. The number of benzene rings is 1. The van der Waals surface area contributed by atoms with Gasteiger partial charge >= 0.3 is 0 Å². The number of anilines is 1. The van der Waals surface area contributed by atoms with Crippen LogP contribution in [0.3, 0.4) is 0 Å². The minimum atomic E-state index is -0.0726. The molecule has 74 valence electrons. The molecule has 0 aliphatic heterocycles. The molecule has 0 aliphatic rings. The van der Waals surface area contributed by atoms with E-state index in [-0.39, 0.29) is 5.91 Å². The van der Waals surface area contributed by atoms with E-state index >= 15 is 0 Å². The number of nitrogens with one attached hydrogen (secondary N) is 1. The Morgan fingerprint density at radius 2 is 2.00 bits per heavy atom. The quantitative estimate of drug-likeness (QED) is 0.884. The molecular formula is C10H9Br2NO. The smallest absolute Gasteiger partial charge is 0.221 e. The summed E-state index contributed by atoms with van der Waals surface area (Å²) >= 11 is 6.55. The normalized spacial score (nSPS) is 9.36. The minimum absolute atomic E-state index is 0.0726. The fraction of sp³-hybridized carbons (Fsp3) is 0.100. The first-order valence-electron chi connectivity index (χ1n) is 3.99. The van der Waals surface area contributed by atoms with E-state index in [4.69, 9.17) is 0 Å². The van der Waals surface area contributed by atoms with Crippen LogP contribution >= 0.6 is 31.9 Å². The van der Waals surface area contributed by atoms with Gasteiger partial charge in [0.25, 0.3) is 0 Å². The molecule has 1 rings (SSSR count). The van der Waals surface area contributed by atoms with Gasteiger partial charge in [0.15, 0.2) is 0 Å². The fourth-order valence-corrected chi connectivity index (χ4v) is 1.54. The number of hydrogen-bond donors (Lipinski definition) is 1. The molecule has 0 saturated heterocycles. The second kappa shape index (κ2) is 5.32. The summed E-state index contributed by atoms with van der Waals surface area (Å²) in [6.45, 7) is 1.49. The van der Waals surface area contributed by atoms with Gasteiger partial charge in [0.1, 0.15) is 0 Å². The van der Waals surface area contributed by atoms with Crippen LogP contribution < -0.4 is 5.32 Å². The van der Waals surface area contributed by atoms with Gasteiger partial charge in [0.2, 0.25) is 5.91 Å². The number of amides is 1. The lowest BCUT2D eigenvalue weighted by molar-refractivity contribution is -0.114. The molecule has 0 unspecified atom stereocenters. The third kappa shape index (κ3) is 3.64. The Morgan fingerprint density at radius 1 is 1.36 bits per heavy atom. The molecule has 0 fully saturated rings. The molecule has 4 heteroatoms.